The van der Waals surface area contributed by atoms with Gasteiger partial charge in [0.25, 0.3) is 11.8 Å². The number of hydrogen-bond acceptors (Lipinski definition) is 4. The quantitative estimate of drug-likeness (QED) is 0.548. The topological polar surface area (TPSA) is 90.6 Å². The summed E-state index contributed by atoms with van der Waals surface area (Å²) in [6.45, 7) is 4.52. The van der Waals surface area contributed by atoms with E-state index in [0.717, 1.165) is 18.4 Å². The van der Waals surface area contributed by atoms with Crippen molar-refractivity contribution in [3.05, 3.63) is 23.8 Å². The van der Waals surface area contributed by atoms with E-state index in [1.165, 1.54) is 0 Å². The summed E-state index contributed by atoms with van der Waals surface area (Å²) in [7, 11) is 3.20. The van der Waals surface area contributed by atoms with Gasteiger partial charge in [0, 0.05) is 6.42 Å². The van der Waals surface area contributed by atoms with E-state index < -0.39 is 5.41 Å². The fraction of sp³-hybridized carbons (Fsp3) is 0.550. The first-order valence-corrected chi connectivity index (χ1v) is 9.45. The van der Waals surface area contributed by atoms with Gasteiger partial charge in [-0.3, -0.25) is 14.6 Å². The molecular formula is C20H30N3O4+. The van der Waals surface area contributed by atoms with Crippen molar-refractivity contribution in [1.29, 1.82) is 0 Å². The SMILES string of the molecule is CCCC1(CCC)C(=O)NC(=[NH+]CCc2ccc(OC)c(OC)c2)NC1=O. The molecule has 1 fully saturated rings. The average Bonchev–Trinajstić information content (AvgIpc) is 2.66. The molecule has 2 amide bonds. The van der Waals surface area contributed by atoms with Gasteiger partial charge in [-0.05, 0) is 30.5 Å². The van der Waals surface area contributed by atoms with Gasteiger partial charge in [0.05, 0.1) is 20.8 Å². The van der Waals surface area contributed by atoms with Crippen molar-refractivity contribution >= 4 is 17.8 Å². The predicted octanol–water partition coefficient (Wildman–Crippen LogP) is 0.516. The predicted molar refractivity (Wildman–Crippen MR) is 103 cm³/mol. The van der Waals surface area contributed by atoms with E-state index in [1.807, 2.05) is 32.0 Å². The van der Waals surface area contributed by atoms with Crippen LogP contribution in [0.1, 0.15) is 45.1 Å². The molecule has 0 saturated carbocycles. The first-order valence-electron chi connectivity index (χ1n) is 9.45. The molecule has 1 aromatic rings. The van der Waals surface area contributed by atoms with E-state index in [1.54, 1.807) is 14.2 Å². The molecule has 1 aromatic carbocycles. The Morgan fingerprint density at radius 2 is 1.56 bits per heavy atom. The summed E-state index contributed by atoms with van der Waals surface area (Å²) < 4.78 is 10.5. The normalized spacial score (nSPS) is 15.8. The number of amides is 2. The highest BCUT2D eigenvalue weighted by atomic mass is 16.5. The maximum atomic E-state index is 12.6. The third-order valence-corrected chi connectivity index (χ3v) is 4.86. The van der Waals surface area contributed by atoms with E-state index in [4.69, 9.17) is 9.47 Å². The standard InChI is InChI=1S/C20H29N3O4/c1-5-10-20(11-6-2)17(24)22-19(23-18(20)25)21-12-9-14-7-8-15(26-3)16(13-14)27-4/h7-8,13H,5-6,9-12H2,1-4H3,(H2,21,22,23,24,25)/p+1. The number of guanidine groups is 1. The highest BCUT2D eigenvalue weighted by Gasteiger charge is 2.52. The third kappa shape index (κ3) is 4.59. The highest BCUT2D eigenvalue weighted by molar-refractivity contribution is 6.19. The summed E-state index contributed by atoms with van der Waals surface area (Å²) in [6.07, 6.45) is 3.37. The minimum atomic E-state index is -0.960. The Bertz CT molecular complexity index is 687. The lowest BCUT2D eigenvalue weighted by Crippen LogP contribution is -2.84. The molecule has 2 rings (SSSR count). The van der Waals surface area contributed by atoms with Crippen LogP contribution in [0.3, 0.4) is 0 Å². The number of carbonyl (C=O) groups is 2. The number of rotatable bonds is 9. The monoisotopic (exact) mass is 376 g/mol. The van der Waals surface area contributed by atoms with Crippen LogP contribution in [0.2, 0.25) is 0 Å². The molecule has 1 aliphatic heterocycles. The second kappa shape index (κ2) is 9.39. The zero-order valence-corrected chi connectivity index (χ0v) is 16.6. The van der Waals surface area contributed by atoms with Crippen molar-refractivity contribution in [2.45, 2.75) is 46.0 Å². The molecule has 0 spiro atoms. The summed E-state index contributed by atoms with van der Waals surface area (Å²) in [5, 5.41) is 5.65. The first-order chi connectivity index (χ1) is 13.0. The number of methoxy groups -OCH3 is 2. The van der Waals surface area contributed by atoms with Crippen molar-refractivity contribution in [2.24, 2.45) is 5.41 Å². The van der Waals surface area contributed by atoms with Gasteiger partial charge in [-0.25, -0.2) is 10.6 Å². The molecule has 0 unspecified atom stereocenters. The van der Waals surface area contributed by atoms with E-state index >= 15 is 0 Å². The zero-order valence-electron chi connectivity index (χ0n) is 16.6. The molecule has 7 heteroatoms. The molecule has 1 heterocycles. The largest absolute Gasteiger partial charge is 0.493 e. The second-order valence-corrected chi connectivity index (χ2v) is 6.73. The van der Waals surface area contributed by atoms with Crippen LogP contribution in [0, 0.1) is 5.41 Å². The molecule has 0 aromatic heterocycles. The molecule has 27 heavy (non-hydrogen) atoms. The third-order valence-electron chi connectivity index (χ3n) is 4.86. The van der Waals surface area contributed by atoms with Gasteiger partial charge < -0.3 is 9.47 Å². The minimum Gasteiger partial charge on any atom is -0.493 e. The second-order valence-electron chi connectivity index (χ2n) is 6.73. The summed E-state index contributed by atoms with van der Waals surface area (Å²) in [5.74, 6) is 1.27. The number of hydrogen-bond donors (Lipinski definition) is 3. The van der Waals surface area contributed by atoms with E-state index in [2.05, 4.69) is 15.6 Å². The van der Waals surface area contributed by atoms with Crippen LogP contribution >= 0.6 is 0 Å². The van der Waals surface area contributed by atoms with Crippen LogP contribution in [0.25, 0.3) is 0 Å². The molecule has 7 nitrogen and oxygen atoms in total. The van der Waals surface area contributed by atoms with Gasteiger partial charge >= 0.3 is 5.96 Å². The van der Waals surface area contributed by atoms with Crippen molar-refractivity contribution in [1.82, 2.24) is 10.6 Å². The van der Waals surface area contributed by atoms with Crippen LogP contribution in [0.4, 0.5) is 0 Å². The zero-order chi connectivity index (χ0) is 19.9. The fourth-order valence-electron chi connectivity index (χ4n) is 3.49. The van der Waals surface area contributed by atoms with Gasteiger partial charge in [0.15, 0.2) is 16.9 Å². The molecular weight excluding hydrogens is 346 g/mol. The molecule has 1 saturated heterocycles. The van der Waals surface area contributed by atoms with E-state index in [9.17, 15) is 9.59 Å². The molecule has 3 N–H and O–H groups in total. The Morgan fingerprint density at radius 1 is 0.963 bits per heavy atom. The minimum absolute atomic E-state index is 0.219. The van der Waals surface area contributed by atoms with Crippen molar-refractivity contribution < 1.29 is 24.1 Å². The van der Waals surface area contributed by atoms with Crippen molar-refractivity contribution in [3.8, 4) is 11.5 Å². The maximum absolute atomic E-state index is 12.6. The number of nitrogens with one attached hydrogen (secondary N) is 3. The van der Waals surface area contributed by atoms with Crippen LogP contribution in [0.5, 0.6) is 11.5 Å². The van der Waals surface area contributed by atoms with Gasteiger partial charge in [0.1, 0.15) is 0 Å². The summed E-state index contributed by atoms with van der Waals surface area (Å²) in [5.41, 5.74) is 0.0958. The number of carbonyl (C=O) groups excluding carboxylic acids is 2. The molecule has 0 atom stereocenters. The number of benzene rings is 1. The van der Waals surface area contributed by atoms with Gasteiger partial charge in [0.2, 0.25) is 0 Å². The van der Waals surface area contributed by atoms with Crippen molar-refractivity contribution in [2.75, 3.05) is 20.8 Å². The van der Waals surface area contributed by atoms with Crippen LogP contribution < -0.4 is 25.1 Å². The molecule has 0 aliphatic carbocycles. The van der Waals surface area contributed by atoms with Crippen LogP contribution in [0.15, 0.2) is 18.2 Å². The lowest BCUT2D eigenvalue weighted by molar-refractivity contribution is -0.460. The first kappa shape index (κ1) is 20.7. The molecule has 0 bridgehead atoms. The highest BCUT2D eigenvalue weighted by Crippen LogP contribution is 2.32. The fourth-order valence-corrected chi connectivity index (χ4v) is 3.49. The van der Waals surface area contributed by atoms with Crippen LogP contribution in [-0.4, -0.2) is 38.5 Å². The van der Waals surface area contributed by atoms with Crippen molar-refractivity contribution in [3.63, 3.8) is 0 Å². The summed E-state index contributed by atoms with van der Waals surface area (Å²) in [4.78, 5) is 28.4. The Balaban J connectivity index is 2.03. The van der Waals surface area contributed by atoms with Gasteiger partial charge in [-0.15, -0.1) is 0 Å². The Kier molecular flexibility index (Phi) is 7.21. The lowest BCUT2D eigenvalue weighted by Gasteiger charge is -2.30. The van der Waals surface area contributed by atoms with Gasteiger partial charge in [-0.2, -0.15) is 0 Å². The Hall–Kier alpha value is -2.57. The van der Waals surface area contributed by atoms with Gasteiger partial charge in [-0.1, -0.05) is 32.8 Å². The Labute approximate surface area is 160 Å². The van der Waals surface area contributed by atoms with Crippen LogP contribution in [-0.2, 0) is 16.0 Å². The summed E-state index contributed by atoms with van der Waals surface area (Å²) >= 11 is 0. The molecule has 1 aliphatic rings. The lowest BCUT2D eigenvalue weighted by atomic mass is 9.76. The maximum Gasteiger partial charge on any atom is 0.357 e. The molecule has 0 radical (unpaired) electrons. The molecule has 148 valence electrons. The van der Waals surface area contributed by atoms with E-state index in [-0.39, 0.29) is 11.8 Å². The average molecular weight is 376 g/mol. The number of ether oxygens (including phenoxy) is 2. The smallest absolute Gasteiger partial charge is 0.357 e. The summed E-state index contributed by atoms with van der Waals surface area (Å²) in [6, 6.07) is 5.73. The Morgan fingerprint density at radius 3 is 2.07 bits per heavy atom. The van der Waals surface area contributed by atoms with E-state index in [0.29, 0.717) is 43.3 Å².